The van der Waals surface area contributed by atoms with Gasteiger partial charge < -0.3 is 47.1 Å². The van der Waals surface area contributed by atoms with Crippen LogP contribution in [0.4, 0.5) is 0 Å². The van der Waals surface area contributed by atoms with Gasteiger partial charge >= 0.3 is 17.9 Å². The SMILES string of the molecule is NC(Cc1ccc(O)cc1)C(=O)NC(CC(=O)O)C(=O)NC(Cc1cnc[nH]1)C(=O)NC(CC(=O)O)C(=O)O. The van der Waals surface area contributed by atoms with Crippen molar-refractivity contribution in [2.45, 2.75) is 49.9 Å². The largest absolute Gasteiger partial charge is 0.508 e. The number of rotatable bonds is 15. The third kappa shape index (κ3) is 10.1. The zero-order valence-corrected chi connectivity index (χ0v) is 20.4. The number of carbonyl (C=O) groups is 6. The first-order chi connectivity index (χ1) is 18.3. The van der Waals surface area contributed by atoms with E-state index in [2.05, 4.69) is 20.6 Å². The monoisotopic (exact) mass is 548 g/mol. The first-order valence-corrected chi connectivity index (χ1v) is 11.4. The molecule has 0 radical (unpaired) electrons. The van der Waals surface area contributed by atoms with E-state index in [0.717, 1.165) is 0 Å². The fraction of sp³-hybridized carbons (Fsp3) is 0.348. The second-order valence-electron chi connectivity index (χ2n) is 8.48. The van der Waals surface area contributed by atoms with Gasteiger partial charge in [-0.05, 0) is 24.1 Å². The number of amides is 3. The molecule has 3 amide bonds. The number of aromatic amines is 1. The van der Waals surface area contributed by atoms with Crippen molar-refractivity contribution in [1.29, 1.82) is 0 Å². The quantitative estimate of drug-likeness (QED) is 0.114. The smallest absolute Gasteiger partial charge is 0.326 e. The summed E-state index contributed by atoms with van der Waals surface area (Å²) in [6, 6.07) is -0.374. The molecule has 1 heterocycles. The molecule has 16 heteroatoms. The van der Waals surface area contributed by atoms with Crippen LogP contribution < -0.4 is 21.7 Å². The molecule has 10 N–H and O–H groups in total. The second kappa shape index (κ2) is 14.1. The van der Waals surface area contributed by atoms with Crippen LogP contribution >= 0.6 is 0 Å². The molecule has 210 valence electrons. The highest BCUT2D eigenvalue weighted by atomic mass is 16.4. The van der Waals surface area contributed by atoms with Gasteiger partial charge in [-0.1, -0.05) is 12.1 Å². The summed E-state index contributed by atoms with van der Waals surface area (Å²) in [5.74, 6) is -7.61. The molecule has 0 bridgehead atoms. The van der Waals surface area contributed by atoms with E-state index in [0.29, 0.717) is 11.3 Å². The number of aromatic hydroxyl groups is 1. The molecule has 0 aliphatic rings. The first-order valence-electron chi connectivity index (χ1n) is 11.4. The Morgan fingerprint density at radius 1 is 0.795 bits per heavy atom. The predicted molar refractivity (Wildman–Crippen MR) is 130 cm³/mol. The number of nitrogens with zero attached hydrogens (tertiary/aromatic N) is 1. The number of H-pyrrole nitrogens is 1. The Morgan fingerprint density at radius 3 is 1.87 bits per heavy atom. The number of phenolic OH excluding ortho intramolecular Hbond substituents is 1. The average molecular weight is 549 g/mol. The van der Waals surface area contributed by atoms with E-state index in [-0.39, 0.29) is 18.6 Å². The highest BCUT2D eigenvalue weighted by Gasteiger charge is 2.32. The van der Waals surface area contributed by atoms with Gasteiger partial charge in [0.1, 0.15) is 23.9 Å². The van der Waals surface area contributed by atoms with Crippen LogP contribution in [-0.4, -0.2) is 90.2 Å². The molecule has 0 aliphatic heterocycles. The topological polar surface area (TPSA) is 274 Å². The van der Waals surface area contributed by atoms with Crippen molar-refractivity contribution in [2.75, 3.05) is 0 Å². The molecular formula is C23H28N6O10. The Labute approximate surface area is 220 Å². The fourth-order valence-electron chi connectivity index (χ4n) is 3.39. The first kappa shape index (κ1) is 30.2. The number of hydrogen-bond donors (Lipinski definition) is 9. The molecule has 0 fully saturated rings. The molecule has 0 aliphatic carbocycles. The van der Waals surface area contributed by atoms with Crippen LogP contribution in [0.5, 0.6) is 5.75 Å². The Balaban J connectivity index is 2.18. The lowest BCUT2D eigenvalue weighted by Crippen LogP contribution is -2.58. The number of carboxylic acid groups (broad SMARTS) is 3. The van der Waals surface area contributed by atoms with E-state index in [1.54, 1.807) is 0 Å². The van der Waals surface area contributed by atoms with Crippen molar-refractivity contribution in [1.82, 2.24) is 25.9 Å². The number of carboxylic acids is 3. The van der Waals surface area contributed by atoms with Crippen molar-refractivity contribution >= 4 is 35.6 Å². The van der Waals surface area contributed by atoms with E-state index in [9.17, 15) is 44.1 Å². The molecular weight excluding hydrogens is 520 g/mol. The summed E-state index contributed by atoms with van der Waals surface area (Å²) in [6.45, 7) is 0. The number of nitrogens with two attached hydrogens (primary N) is 1. The molecule has 16 nitrogen and oxygen atoms in total. The highest BCUT2D eigenvalue weighted by molar-refractivity contribution is 5.96. The number of carbonyl (C=O) groups excluding carboxylic acids is 3. The Morgan fingerprint density at radius 2 is 1.33 bits per heavy atom. The summed E-state index contributed by atoms with van der Waals surface area (Å²) in [4.78, 5) is 78.7. The van der Waals surface area contributed by atoms with Crippen molar-refractivity contribution in [3.63, 3.8) is 0 Å². The number of nitrogens with one attached hydrogen (secondary N) is 4. The summed E-state index contributed by atoms with van der Waals surface area (Å²) < 4.78 is 0. The number of aliphatic carboxylic acids is 3. The zero-order valence-electron chi connectivity index (χ0n) is 20.4. The zero-order chi connectivity index (χ0) is 29.1. The number of phenols is 1. The summed E-state index contributed by atoms with van der Waals surface area (Å²) in [6.07, 6.45) is 0.515. The van der Waals surface area contributed by atoms with E-state index < -0.39 is 72.6 Å². The van der Waals surface area contributed by atoms with E-state index in [1.807, 2.05) is 5.32 Å². The minimum atomic E-state index is -1.82. The summed E-state index contributed by atoms with van der Waals surface area (Å²) in [5.41, 5.74) is 6.81. The molecule has 4 unspecified atom stereocenters. The fourth-order valence-corrected chi connectivity index (χ4v) is 3.39. The van der Waals surface area contributed by atoms with Crippen molar-refractivity contribution < 1.29 is 49.2 Å². The maximum absolute atomic E-state index is 13.0. The maximum Gasteiger partial charge on any atom is 0.326 e. The molecule has 0 spiro atoms. The third-order valence-electron chi connectivity index (χ3n) is 5.35. The van der Waals surface area contributed by atoms with E-state index in [1.165, 1.54) is 36.8 Å². The molecule has 1 aromatic heterocycles. The van der Waals surface area contributed by atoms with E-state index >= 15 is 0 Å². The van der Waals surface area contributed by atoms with Crippen molar-refractivity contribution in [3.8, 4) is 5.75 Å². The van der Waals surface area contributed by atoms with Crippen LogP contribution in [0.2, 0.25) is 0 Å². The predicted octanol–water partition coefficient (Wildman–Crippen LogP) is -2.28. The minimum absolute atomic E-state index is 0.00122. The van der Waals surface area contributed by atoms with Crippen molar-refractivity contribution in [2.24, 2.45) is 5.73 Å². The van der Waals surface area contributed by atoms with Crippen LogP contribution in [0.3, 0.4) is 0 Å². The number of imidazole rings is 1. The van der Waals surface area contributed by atoms with Crippen LogP contribution in [0.1, 0.15) is 24.1 Å². The summed E-state index contributed by atoms with van der Waals surface area (Å²) >= 11 is 0. The number of benzene rings is 1. The van der Waals surface area contributed by atoms with Gasteiger partial charge in [0.2, 0.25) is 17.7 Å². The lowest BCUT2D eigenvalue weighted by atomic mass is 10.0. The highest BCUT2D eigenvalue weighted by Crippen LogP contribution is 2.11. The third-order valence-corrected chi connectivity index (χ3v) is 5.35. The van der Waals surface area contributed by atoms with Gasteiger partial charge in [-0.15, -0.1) is 0 Å². The summed E-state index contributed by atoms with van der Waals surface area (Å²) in [7, 11) is 0. The molecule has 4 atom stereocenters. The lowest BCUT2D eigenvalue weighted by molar-refractivity contribution is -0.147. The van der Waals surface area contributed by atoms with Gasteiger partial charge in [0.25, 0.3) is 0 Å². The van der Waals surface area contributed by atoms with Crippen LogP contribution in [0.15, 0.2) is 36.8 Å². The minimum Gasteiger partial charge on any atom is -0.508 e. The molecule has 39 heavy (non-hydrogen) atoms. The molecule has 1 aromatic carbocycles. The van der Waals surface area contributed by atoms with Crippen LogP contribution in [0.25, 0.3) is 0 Å². The second-order valence-corrected chi connectivity index (χ2v) is 8.48. The lowest BCUT2D eigenvalue weighted by Gasteiger charge is -2.24. The Kier molecular flexibility index (Phi) is 10.9. The van der Waals surface area contributed by atoms with Gasteiger partial charge in [-0.2, -0.15) is 0 Å². The van der Waals surface area contributed by atoms with Crippen LogP contribution in [-0.2, 0) is 41.6 Å². The van der Waals surface area contributed by atoms with Gasteiger partial charge in [0, 0.05) is 18.3 Å². The van der Waals surface area contributed by atoms with Gasteiger partial charge in [-0.25, -0.2) is 9.78 Å². The number of aromatic nitrogens is 2. The van der Waals surface area contributed by atoms with Crippen LogP contribution in [0, 0.1) is 0 Å². The van der Waals surface area contributed by atoms with Gasteiger partial charge in [0.15, 0.2) is 0 Å². The molecule has 2 aromatic rings. The Hall–Kier alpha value is -4.99. The van der Waals surface area contributed by atoms with Gasteiger partial charge in [0.05, 0.1) is 25.2 Å². The maximum atomic E-state index is 13.0. The van der Waals surface area contributed by atoms with Crippen molar-refractivity contribution in [3.05, 3.63) is 48.0 Å². The standard InChI is InChI=1S/C23H28N6O10/c24-14(5-11-1-3-13(30)4-2-11)20(35)27-16(7-18(31)32)22(37)28-15(6-12-9-25-10-26-12)21(36)29-17(23(38)39)8-19(33)34/h1-4,9-10,14-17,30H,5-8,24H2,(H,25,26)(H,27,35)(H,28,37)(H,29,36)(H,31,32)(H,33,34)(H,38,39). The number of hydrogen-bond acceptors (Lipinski definition) is 9. The van der Waals surface area contributed by atoms with E-state index in [4.69, 9.17) is 10.8 Å². The molecule has 2 rings (SSSR count). The average Bonchev–Trinajstić information content (AvgIpc) is 3.36. The normalized spacial score (nSPS) is 13.8. The molecule has 0 saturated carbocycles. The van der Waals surface area contributed by atoms with Gasteiger partial charge in [-0.3, -0.25) is 24.0 Å². The molecule has 0 saturated heterocycles. The summed E-state index contributed by atoms with van der Waals surface area (Å²) in [5, 5.41) is 43.3. The Bertz CT molecular complexity index is 1180.